The summed E-state index contributed by atoms with van der Waals surface area (Å²) in [6.07, 6.45) is 1.99. The van der Waals surface area contributed by atoms with Crippen LogP contribution in [-0.2, 0) is 11.3 Å². The zero-order chi connectivity index (χ0) is 14.4. The van der Waals surface area contributed by atoms with Gasteiger partial charge in [-0.3, -0.25) is 9.59 Å². The number of halogens is 1. The van der Waals surface area contributed by atoms with Gasteiger partial charge >= 0.3 is 0 Å². The number of aromatic nitrogens is 2. The molecule has 1 aromatic heterocycles. The molecule has 1 heterocycles. The summed E-state index contributed by atoms with van der Waals surface area (Å²) < 4.78 is 1.68. The van der Waals surface area contributed by atoms with Gasteiger partial charge in [-0.25, -0.2) is 4.68 Å². The Balaban J connectivity index is 2.79. The highest BCUT2D eigenvalue weighted by Crippen LogP contribution is 2.16. The molecule has 0 fully saturated rings. The van der Waals surface area contributed by atoms with Gasteiger partial charge in [-0.1, -0.05) is 13.3 Å². The van der Waals surface area contributed by atoms with Crippen molar-refractivity contribution in [3.63, 3.8) is 0 Å². The van der Waals surface area contributed by atoms with E-state index in [2.05, 4.69) is 26.3 Å². The van der Waals surface area contributed by atoms with Crippen molar-refractivity contribution in [2.75, 3.05) is 11.9 Å². The zero-order valence-electron chi connectivity index (χ0n) is 10.6. The van der Waals surface area contributed by atoms with E-state index in [0.29, 0.717) is 16.7 Å². The molecule has 0 aliphatic carbocycles. The number of unbranched alkanes of at least 4 members (excludes halogenated alkanes) is 1. The monoisotopic (exact) mass is 332 g/mol. The Morgan fingerprint density at radius 2 is 2.37 bits per heavy atom. The average molecular weight is 333 g/mol. The predicted octanol–water partition coefficient (Wildman–Crippen LogP) is 0.0640. The molecule has 0 bridgehead atoms. The lowest BCUT2D eigenvalue weighted by molar-refractivity contribution is -0.125. The number of amides is 1. The lowest BCUT2D eigenvalue weighted by atomic mass is 10.3. The second kappa shape index (κ2) is 7.25. The zero-order valence-corrected chi connectivity index (χ0v) is 12.2. The van der Waals surface area contributed by atoms with Crippen LogP contribution >= 0.6 is 15.9 Å². The van der Waals surface area contributed by atoms with Crippen LogP contribution < -0.4 is 16.6 Å². The van der Waals surface area contributed by atoms with Crippen molar-refractivity contribution in [3.8, 4) is 0 Å². The summed E-state index contributed by atoms with van der Waals surface area (Å²) in [7, 11) is 0. The summed E-state index contributed by atoms with van der Waals surface area (Å²) in [5.74, 6) is -0.826. The van der Waals surface area contributed by atoms with Crippen LogP contribution in [-0.4, -0.2) is 33.4 Å². The van der Waals surface area contributed by atoms with Gasteiger partial charge in [0.2, 0.25) is 5.91 Å². The minimum Gasteiger partial charge on any atom is -0.381 e. The van der Waals surface area contributed by atoms with Crippen molar-refractivity contribution in [1.29, 1.82) is 0 Å². The highest BCUT2D eigenvalue weighted by molar-refractivity contribution is 9.10. The average Bonchev–Trinajstić information content (AvgIpc) is 2.38. The standard InChI is InChI=1S/C11H17BrN4O3/c1-2-3-4-16-11(19)9(12)7(5-15-16)14-6-8(17)10(13)18/h5,8,14,17H,2-4,6H2,1H3,(H2,13,18). The molecule has 0 aromatic carbocycles. The number of rotatable bonds is 7. The van der Waals surface area contributed by atoms with Crippen LogP contribution in [0.5, 0.6) is 0 Å². The molecule has 106 valence electrons. The first-order chi connectivity index (χ1) is 8.97. The first-order valence-corrected chi connectivity index (χ1v) is 6.73. The van der Waals surface area contributed by atoms with Gasteiger partial charge in [-0.15, -0.1) is 0 Å². The highest BCUT2D eigenvalue weighted by atomic mass is 79.9. The Bertz CT molecular complexity index is 503. The van der Waals surface area contributed by atoms with Gasteiger partial charge in [0, 0.05) is 13.1 Å². The predicted molar refractivity (Wildman–Crippen MR) is 74.8 cm³/mol. The molecule has 4 N–H and O–H groups in total. The van der Waals surface area contributed by atoms with E-state index in [1.807, 2.05) is 6.92 Å². The van der Waals surface area contributed by atoms with Gasteiger partial charge in [0.25, 0.3) is 5.56 Å². The van der Waals surface area contributed by atoms with Crippen molar-refractivity contribution >= 4 is 27.5 Å². The van der Waals surface area contributed by atoms with Gasteiger partial charge in [-0.2, -0.15) is 5.10 Å². The van der Waals surface area contributed by atoms with Crippen LogP contribution in [0.25, 0.3) is 0 Å². The Kier molecular flexibility index (Phi) is 5.97. The Morgan fingerprint density at radius 3 is 2.95 bits per heavy atom. The van der Waals surface area contributed by atoms with Gasteiger partial charge in [-0.05, 0) is 22.4 Å². The summed E-state index contributed by atoms with van der Waals surface area (Å²) in [5, 5.41) is 16.0. The highest BCUT2D eigenvalue weighted by Gasteiger charge is 2.13. The van der Waals surface area contributed by atoms with Gasteiger partial charge in [0.15, 0.2) is 0 Å². The van der Waals surface area contributed by atoms with Crippen LogP contribution in [0.1, 0.15) is 19.8 Å². The lowest BCUT2D eigenvalue weighted by Gasteiger charge is -2.12. The van der Waals surface area contributed by atoms with Crippen LogP contribution in [0.15, 0.2) is 15.5 Å². The number of anilines is 1. The first kappa shape index (κ1) is 15.6. The van der Waals surface area contributed by atoms with E-state index in [0.717, 1.165) is 12.8 Å². The largest absolute Gasteiger partial charge is 0.381 e. The van der Waals surface area contributed by atoms with Gasteiger partial charge in [0.1, 0.15) is 10.6 Å². The Morgan fingerprint density at radius 1 is 1.68 bits per heavy atom. The van der Waals surface area contributed by atoms with E-state index in [9.17, 15) is 14.7 Å². The van der Waals surface area contributed by atoms with E-state index >= 15 is 0 Å². The SMILES string of the molecule is CCCCn1ncc(NCC(O)C(N)=O)c(Br)c1=O. The molecule has 0 saturated heterocycles. The summed E-state index contributed by atoms with van der Waals surface area (Å²) in [4.78, 5) is 22.6. The number of carbonyl (C=O) groups is 1. The number of nitrogens with one attached hydrogen (secondary N) is 1. The smallest absolute Gasteiger partial charge is 0.283 e. The van der Waals surface area contributed by atoms with E-state index in [1.165, 1.54) is 10.9 Å². The molecule has 1 unspecified atom stereocenters. The number of hydrogen-bond donors (Lipinski definition) is 3. The fraction of sp³-hybridized carbons (Fsp3) is 0.545. The lowest BCUT2D eigenvalue weighted by Crippen LogP contribution is -2.35. The summed E-state index contributed by atoms with van der Waals surface area (Å²) in [6.45, 7) is 2.51. The first-order valence-electron chi connectivity index (χ1n) is 5.94. The molecule has 0 aliphatic rings. The molecule has 1 aromatic rings. The van der Waals surface area contributed by atoms with E-state index in [1.54, 1.807) is 0 Å². The van der Waals surface area contributed by atoms with E-state index < -0.39 is 12.0 Å². The van der Waals surface area contributed by atoms with Crippen molar-refractivity contribution in [3.05, 3.63) is 21.0 Å². The molecule has 0 radical (unpaired) electrons. The second-order valence-electron chi connectivity index (χ2n) is 4.05. The topological polar surface area (TPSA) is 110 Å². The molecular weight excluding hydrogens is 316 g/mol. The quantitative estimate of drug-likeness (QED) is 0.654. The molecule has 8 heteroatoms. The van der Waals surface area contributed by atoms with E-state index in [4.69, 9.17) is 5.73 Å². The van der Waals surface area contributed by atoms with Gasteiger partial charge in [0.05, 0.1) is 11.9 Å². The number of hydrogen-bond acceptors (Lipinski definition) is 5. The molecule has 7 nitrogen and oxygen atoms in total. The maximum absolute atomic E-state index is 11.9. The number of primary amides is 1. The molecule has 19 heavy (non-hydrogen) atoms. The van der Waals surface area contributed by atoms with Crippen LogP contribution in [0.3, 0.4) is 0 Å². The summed E-state index contributed by atoms with van der Waals surface area (Å²) >= 11 is 3.18. The second-order valence-corrected chi connectivity index (χ2v) is 4.85. The molecule has 0 spiro atoms. The number of nitrogens with two attached hydrogens (primary N) is 1. The van der Waals surface area contributed by atoms with E-state index in [-0.39, 0.29) is 12.1 Å². The Hall–Kier alpha value is -1.41. The molecule has 1 atom stereocenters. The molecule has 1 amide bonds. The van der Waals surface area contributed by atoms with Crippen molar-refractivity contribution in [2.24, 2.45) is 5.73 Å². The molecule has 1 rings (SSSR count). The minimum absolute atomic E-state index is 0.0754. The maximum atomic E-state index is 11.9. The van der Waals surface area contributed by atoms with Crippen LogP contribution in [0, 0.1) is 0 Å². The number of nitrogens with zero attached hydrogens (tertiary/aromatic N) is 2. The third-order valence-corrected chi connectivity index (χ3v) is 3.29. The number of aryl methyl sites for hydroxylation is 1. The number of aliphatic hydroxyl groups is 1. The third kappa shape index (κ3) is 4.32. The van der Waals surface area contributed by atoms with Crippen LogP contribution in [0.2, 0.25) is 0 Å². The summed E-state index contributed by atoms with van der Waals surface area (Å²) in [5.41, 5.74) is 5.08. The normalized spacial score (nSPS) is 12.2. The maximum Gasteiger partial charge on any atom is 0.283 e. The number of aliphatic hydroxyl groups excluding tert-OH is 1. The third-order valence-electron chi connectivity index (χ3n) is 2.52. The van der Waals surface area contributed by atoms with Crippen molar-refractivity contribution < 1.29 is 9.90 Å². The van der Waals surface area contributed by atoms with Gasteiger partial charge < -0.3 is 16.2 Å². The molecule has 0 aliphatic heterocycles. The van der Waals surface area contributed by atoms with Crippen LogP contribution in [0.4, 0.5) is 5.69 Å². The Labute approximate surface area is 118 Å². The van der Waals surface area contributed by atoms with Crippen molar-refractivity contribution in [2.45, 2.75) is 32.4 Å². The minimum atomic E-state index is -1.31. The fourth-order valence-electron chi connectivity index (χ4n) is 1.36. The molecular formula is C11H17BrN4O3. The molecule has 0 saturated carbocycles. The summed E-state index contributed by atoms with van der Waals surface area (Å²) in [6, 6.07) is 0. The number of carbonyl (C=O) groups excluding carboxylic acids is 1. The van der Waals surface area contributed by atoms with Crippen molar-refractivity contribution in [1.82, 2.24) is 9.78 Å². The fourth-order valence-corrected chi connectivity index (χ4v) is 1.81.